The number of hydrogen-bond acceptors (Lipinski definition) is 5. The summed E-state index contributed by atoms with van der Waals surface area (Å²) in [6, 6.07) is 15.3. The number of benzene rings is 3. The van der Waals surface area contributed by atoms with Gasteiger partial charge in [0.15, 0.2) is 11.5 Å². The monoisotopic (exact) mass is 541 g/mol. The second-order valence-electron chi connectivity index (χ2n) is 9.54. The van der Waals surface area contributed by atoms with Gasteiger partial charge in [-0.25, -0.2) is 4.39 Å². The molecule has 7 nitrogen and oxygen atoms in total. The van der Waals surface area contributed by atoms with Crippen LogP contribution in [-0.4, -0.2) is 54.8 Å². The zero-order valence-electron chi connectivity index (χ0n) is 21.4. The van der Waals surface area contributed by atoms with E-state index in [1.54, 1.807) is 25.3 Å². The van der Waals surface area contributed by atoms with Crippen molar-refractivity contribution in [1.82, 2.24) is 4.90 Å². The van der Waals surface area contributed by atoms with Gasteiger partial charge in [0, 0.05) is 30.5 Å². The fraction of sp³-hybridized carbons (Fsp3) is 0.310. The molecular formula is C29H29ClFNO6. The number of fused-ring (bicyclic) bond motifs is 1. The lowest BCUT2D eigenvalue weighted by Crippen LogP contribution is -2.37. The van der Waals surface area contributed by atoms with Crippen molar-refractivity contribution in [1.29, 1.82) is 0 Å². The molecule has 0 saturated heterocycles. The predicted octanol–water partition coefficient (Wildman–Crippen LogP) is 5.20. The number of carboxylic acids is 1. The Morgan fingerprint density at radius 3 is 2.42 bits per heavy atom. The third-order valence-electron chi connectivity index (χ3n) is 6.52. The largest absolute Gasteiger partial charge is 0.497 e. The Hall–Kier alpha value is -3.78. The van der Waals surface area contributed by atoms with Crippen LogP contribution in [0.1, 0.15) is 34.0 Å². The summed E-state index contributed by atoms with van der Waals surface area (Å²) < 4.78 is 31.0. The van der Waals surface area contributed by atoms with E-state index < -0.39 is 29.8 Å². The second-order valence-corrected chi connectivity index (χ2v) is 9.95. The lowest BCUT2D eigenvalue weighted by atomic mass is 9.91. The Labute approximate surface area is 225 Å². The molecule has 0 aromatic heterocycles. The van der Waals surface area contributed by atoms with Crippen molar-refractivity contribution < 1.29 is 33.3 Å². The van der Waals surface area contributed by atoms with E-state index in [1.165, 1.54) is 24.1 Å². The molecule has 0 aliphatic carbocycles. The summed E-state index contributed by atoms with van der Waals surface area (Å²) in [4.78, 5) is 26.4. The Bertz CT molecular complexity index is 1350. The molecule has 1 heterocycles. The highest BCUT2D eigenvalue weighted by molar-refractivity contribution is 6.30. The summed E-state index contributed by atoms with van der Waals surface area (Å²) in [6.45, 7) is 1.68. The number of halogens is 2. The molecule has 200 valence electrons. The van der Waals surface area contributed by atoms with E-state index in [1.807, 2.05) is 31.2 Å². The van der Waals surface area contributed by atoms with Crippen molar-refractivity contribution in [3.8, 4) is 17.2 Å². The molecule has 0 unspecified atom stereocenters. The van der Waals surface area contributed by atoms with Crippen LogP contribution in [0.2, 0.25) is 5.02 Å². The fourth-order valence-corrected chi connectivity index (χ4v) is 4.82. The first-order chi connectivity index (χ1) is 18.1. The van der Waals surface area contributed by atoms with Crippen LogP contribution >= 0.6 is 11.6 Å². The maximum Gasteiger partial charge on any atom is 0.323 e. The average Bonchev–Trinajstić information content (AvgIpc) is 3.23. The van der Waals surface area contributed by atoms with Gasteiger partial charge in [-0.1, -0.05) is 29.8 Å². The van der Waals surface area contributed by atoms with Gasteiger partial charge in [0.2, 0.25) is 0 Å². The Morgan fingerprint density at radius 1 is 1.08 bits per heavy atom. The number of carboxylic acid groups (broad SMARTS) is 1. The van der Waals surface area contributed by atoms with Crippen LogP contribution in [0.4, 0.5) is 4.39 Å². The minimum atomic E-state index is -1.10. The molecule has 1 atom stereocenters. The van der Waals surface area contributed by atoms with E-state index in [2.05, 4.69) is 0 Å². The number of aliphatic carboxylic acids is 1. The first-order valence-corrected chi connectivity index (χ1v) is 12.5. The van der Waals surface area contributed by atoms with Crippen LogP contribution in [0.25, 0.3) is 0 Å². The Balaban J connectivity index is 1.55. The number of carbonyl (C=O) groups is 2. The molecule has 0 fully saturated rings. The van der Waals surface area contributed by atoms with Crippen LogP contribution in [0.3, 0.4) is 0 Å². The summed E-state index contributed by atoms with van der Waals surface area (Å²) in [5.41, 5.74) is 2.04. The summed E-state index contributed by atoms with van der Waals surface area (Å²) in [6.07, 6.45) is 1.34. The van der Waals surface area contributed by atoms with Gasteiger partial charge in [-0.05, 0) is 60.9 Å². The third-order valence-corrected chi connectivity index (χ3v) is 6.82. The van der Waals surface area contributed by atoms with Crippen molar-refractivity contribution >= 4 is 23.5 Å². The maximum absolute atomic E-state index is 14.0. The Kier molecular flexibility index (Phi) is 8.11. The molecule has 38 heavy (non-hydrogen) atoms. The van der Waals surface area contributed by atoms with Crippen LogP contribution in [0, 0.1) is 5.82 Å². The lowest BCUT2D eigenvalue weighted by Gasteiger charge is -2.24. The fourth-order valence-electron chi connectivity index (χ4n) is 4.70. The number of methoxy groups -OCH3 is 2. The molecule has 1 aliphatic heterocycles. The molecule has 1 aliphatic rings. The molecule has 3 aromatic carbocycles. The summed E-state index contributed by atoms with van der Waals surface area (Å²) >= 11 is 5.82. The summed E-state index contributed by atoms with van der Waals surface area (Å²) in [5, 5.41) is 9.51. The molecule has 0 radical (unpaired) electrons. The van der Waals surface area contributed by atoms with E-state index in [9.17, 15) is 19.1 Å². The third kappa shape index (κ3) is 6.19. The number of ether oxygens (including phenoxy) is 3. The van der Waals surface area contributed by atoms with Crippen molar-refractivity contribution in [2.24, 2.45) is 0 Å². The number of amides is 1. The SMILES string of the molecule is COc1ccc(CCN(CC(=O)O)C(=O)c2cc3c(c(OC)c2)O[C@@](C)(Cc2ccc(Cl)c(F)c2)C3)cc1. The molecule has 1 N–H and O–H groups in total. The zero-order chi connectivity index (χ0) is 27.4. The lowest BCUT2D eigenvalue weighted by molar-refractivity contribution is -0.137. The van der Waals surface area contributed by atoms with Crippen molar-refractivity contribution in [2.45, 2.75) is 31.8 Å². The van der Waals surface area contributed by atoms with Crippen LogP contribution < -0.4 is 14.2 Å². The highest BCUT2D eigenvalue weighted by Gasteiger charge is 2.38. The molecule has 3 aromatic rings. The molecule has 0 bridgehead atoms. The Morgan fingerprint density at radius 2 is 1.79 bits per heavy atom. The van der Waals surface area contributed by atoms with Gasteiger partial charge in [0.05, 0.1) is 19.2 Å². The minimum Gasteiger partial charge on any atom is -0.497 e. The summed E-state index contributed by atoms with van der Waals surface area (Å²) in [5.74, 6) is -0.413. The van der Waals surface area contributed by atoms with Gasteiger partial charge in [-0.15, -0.1) is 0 Å². The number of nitrogens with zero attached hydrogens (tertiary/aromatic N) is 1. The van der Waals surface area contributed by atoms with Gasteiger partial charge in [-0.2, -0.15) is 0 Å². The van der Waals surface area contributed by atoms with Gasteiger partial charge in [0.25, 0.3) is 5.91 Å². The quantitative estimate of drug-likeness (QED) is 0.380. The molecule has 4 rings (SSSR count). The number of carbonyl (C=O) groups excluding carboxylic acids is 1. The highest BCUT2D eigenvalue weighted by Crippen LogP contribution is 2.44. The van der Waals surface area contributed by atoms with Crippen LogP contribution in [0.15, 0.2) is 54.6 Å². The topological polar surface area (TPSA) is 85.3 Å². The first kappa shape index (κ1) is 27.3. The summed E-state index contributed by atoms with van der Waals surface area (Å²) in [7, 11) is 3.06. The molecule has 9 heteroatoms. The second kappa shape index (κ2) is 11.3. The van der Waals surface area contributed by atoms with E-state index in [4.69, 9.17) is 25.8 Å². The molecule has 0 spiro atoms. The van der Waals surface area contributed by atoms with E-state index >= 15 is 0 Å². The normalized spacial score (nSPS) is 15.9. The van der Waals surface area contributed by atoms with E-state index in [-0.39, 0.29) is 11.6 Å². The van der Waals surface area contributed by atoms with Crippen LogP contribution in [-0.2, 0) is 24.1 Å². The first-order valence-electron chi connectivity index (χ1n) is 12.1. The predicted molar refractivity (Wildman–Crippen MR) is 141 cm³/mol. The average molecular weight is 542 g/mol. The molecular weight excluding hydrogens is 513 g/mol. The maximum atomic E-state index is 14.0. The smallest absolute Gasteiger partial charge is 0.323 e. The van der Waals surface area contributed by atoms with Gasteiger partial charge < -0.3 is 24.2 Å². The van der Waals surface area contributed by atoms with Crippen molar-refractivity contribution in [2.75, 3.05) is 27.3 Å². The van der Waals surface area contributed by atoms with Gasteiger partial charge in [0.1, 0.15) is 23.7 Å². The molecule has 1 amide bonds. The number of rotatable bonds is 10. The highest BCUT2D eigenvalue weighted by atomic mass is 35.5. The van der Waals surface area contributed by atoms with Crippen molar-refractivity contribution in [3.05, 3.63) is 87.7 Å². The number of hydrogen-bond donors (Lipinski definition) is 1. The van der Waals surface area contributed by atoms with Crippen LogP contribution in [0.5, 0.6) is 17.2 Å². The zero-order valence-corrected chi connectivity index (χ0v) is 22.2. The van der Waals surface area contributed by atoms with E-state index in [0.29, 0.717) is 42.1 Å². The van der Waals surface area contributed by atoms with Gasteiger partial charge >= 0.3 is 5.97 Å². The van der Waals surface area contributed by atoms with Gasteiger partial charge in [-0.3, -0.25) is 9.59 Å². The van der Waals surface area contributed by atoms with E-state index in [0.717, 1.165) is 16.7 Å². The minimum absolute atomic E-state index is 0.0530. The standard InChI is InChI=1S/C29H29ClFNO6/c1-29(15-19-6-9-23(30)24(31)12-19)16-21-13-20(14-25(37-3)27(21)38-29)28(35)32(17-26(33)34)11-10-18-4-7-22(36-2)8-5-18/h4-9,12-14H,10-11,15-17H2,1-3H3,(H,33,34)/t29-/m0/s1. The molecule has 0 saturated carbocycles. The van der Waals surface area contributed by atoms with Crippen molar-refractivity contribution in [3.63, 3.8) is 0 Å².